The maximum atomic E-state index is 14.8. The third-order valence-corrected chi connectivity index (χ3v) is 6.01. The van der Waals surface area contributed by atoms with Gasteiger partial charge in [0, 0.05) is 25.6 Å². The molecule has 0 bridgehead atoms. The smallest absolute Gasteiger partial charge is 0.261 e. The predicted molar refractivity (Wildman–Crippen MR) is 105 cm³/mol. The Balaban J connectivity index is 1.58. The lowest BCUT2D eigenvalue weighted by molar-refractivity contribution is 0.0706. The Kier molecular flexibility index (Phi) is 4.73. The van der Waals surface area contributed by atoms with Crippen LogP contribution in [0.5, 0.6) is 0 Å². The fourth-order valence-electron chi connectivity index (χ4n) is 4.55. The zero-order chi connectivity index (χ0) is 21.7. The molecule has 0 aliphatic carbocycles. The van der Waals surface area contributed by atoms with Crippen molar-refractivity contribution >= 4 is 5.91 Å². The Hall–Kier alpha value is -3.27. The van der Waals surface area contributed by atoms with Gasteiger partial charge in [-0.25, -0.2) is 18.7 Å². The van der Waals surface area contributed by atoms with E-state index in [2.05, 4.69) is 25.4 Å². The summed E-state index contributed by atoms with van der Waals surface area (Å²) in [4.78, 5) is 28.0. The van der Waals surface area contributed by atoms with E-state index in [4.69, 9.17) is 4.52 Å². The summed E-state index contributed by atoms with van der Waals surface area (Å²) in [6.07, 6.45) is 1.13. The second-order valence-corrected chi connectivity index (χ2v) is 7.96. The van der Waals surface area contributed by atoms with Crippen LogP contribution >= 0.6 is 0 Å². The van der Waals surface area contributed by atoms with E-state index in [1.54, 1.807) is 24.8 Å². The second-order valence-electron chi connectivity index (χ2n) is 7.96. The van der Waals surface area contributed by atoms with E-state index in [0.29, 0.717) is 24.7 Å². The molecule has 10 heteroatoms. The average Bonchev–Trinajstić information content (AvgIpc) is 3.45. The molecule has 2 fully saturated rings. The molecule has 2 saturated heterocycles. The highest BCUT2D eigenvalue weighted by Crippen LogP contribution is 2.43. The van der Waals surface area contributed by atoms with E-state index in [1.807, 2.05) is 0 Å². The molecule has 3 atom stereocenters. The highest BCUT2D eigenvalue weighted by molar-refractivity contribution is 6.00. The van der Waals surface area contributed by atoms with E-state index in [0.717, 1.165) is 12.7 Å². The summed E-state index contributed by atoms with van der Waals surface area (Å²) in [6, 6.07) is 3.81. The molecule has 2 aliphatic heterocycles. The minimum absolute atomic E-state index is 0.0294. The van der Waals surface area contributed by atoms with E-state index in [1.165, 1.54) is 12.1 Å². The molecule has 4 heterocycles. The first-order chi connectivity index (χ1) is 14.9. The summed E-state index contributed by atoms with van der Waals surface area (Å²) < 4.78 is 33.7. The number of aromatic nitrogens is 4. The van der Waals surface area contributed by atoms with Crippen LogP contribution in [-0.4, -0.2) is 50.5 Å². The molecule has 3 unspecified atom stereocenters. The number of halogens is 2. The van der Waals surface area contributed by atoms with Crippen molar-refractivity contribution in [1.82, 2.24) is 30.3 Å². The maximum Gasteiger partial charge on any atom is 0.261 e. The Morgan fingerprint density at radius 1 is 1.19 bits per heavy atom. The van der Waals surface area contributed by atoms with Gasteiger partial charge in [-0.3, -0.25) is 4.79 Å². The molecule has 1 amide bonds. The van der Waals surface area contributed by atoms with Gasteiger partial charge in [-0.15, -0.1) is 0 Å². The van der Waals surface area contributed by atoms with E-state index < -0.39 is 17.7 Å². The molecule has 0 saturated carbocycles. The standard InChI is InChI=1S/C21H20F2N6O2/c1-10-16(23)8-25-19(26-10)18-14-7-24-6-12(14)9-29(18)21(30)13-4-3-5-15(22)17(13)20-27-11(2)28-31-20/h3-5,8,12,14,18,24H,6-7,9H2,1-2H3. The monoisotopic (exact) mass is 426 g/mol. The molecule has 2 aliphatic rings. The average molecular weight is 426 g/mol. The Bertz CT molecular complexity index is 1170. The number of rotatable bonds is 3. The van der Waals surface area contributed by atoms with Crippen molar-refractivity contribution in [3.8, 4) is 11.5 Å². The fraction of sp³-hybridized carbons (Fsp3) is 0.381. The number of hydrogen-bond acceptors (Lipinski definition) is 7. The number of hydrogen-bond donors (Lipinski definition) is 1. The maximum absolute atomic E-state index is 14.8. The van der Waals surface area contributed by atoms with Crippen LogP contribution in [0.25, 0.3) is 11.5 Å². The normalized spacial score (nSPS) is 22.7. The number of nitrogens with zero attached hydrogens (tertiary/aromatic N) is 5. The molecule has 5 rings (SSSR count). The van der Waals surface area contributed by atoms with Crippen LogP contribution in [0.4, 0.5) is 8.78 Å². The van der Waals surface area contributed by atoms with Crippen molar-refractivity contribution in [2.75, 3.05) is 19.6 Å². The van der Waals surface area contributed by atoms with Gasteiger partial charge in [-0.1, -0.05) is 11.2 Å². The molecule has 8 nitrogen and oxygen atoms in total. The van der Waals surface area contributed by atoms with Gasteiger partial charge >= 0.3 is 0 Å². The number of carbonyl (C=O) groups excluding carboxylic acids is 1. The molecule has 3 aromatic rings. The number of benzene rings is 1. The summed E-state index contributed by atoms with van der Waals surface area (Å²) in [5, 5.41) is 7.06. The summed E-state index contributed by atoms with van der Waals surface area (Å²) >= 11 is 0. The third kappa shape index (κ3) is 3.27. The SMILES string of the molecule is Cc1noc(-c2c(F)cccc2C(=O)N2CC3CNCC3C2c2ncc(F)c(C)n2)n1. The molecule has 31 heavy (non-hydrogen) atoms. The van der Waals surface area contributed by atoms with Gasteiger partial charge in [0.15, 0.2) is 17.5 Å². The van der Waals surface area contributed by atoms with E-state index in [-0.39, 0.29) is 40.5 Å². The van der Waals surface area contributed by atoms with Crippen LogP contribution in [-0.2, 0) is 0 Å². The van der Waals surface area contributed by atoms with Gasteiger partial charge in [0.2, 0.25) is 0 Å². The lowest BCUT2D eigenvalue weighted by Crippen LogP contribution is -2.36. The fourth-order valence-corrected chi connectivity index (χ4v) is 4.55. The number of amides is 1. The van der Waals surface area contributed by atoms with Crippen molar-refractivity contribution in [3.63, 3.8) is 0 Å². The highest BCUT2D eigenvalue weighted by atomic mass is 19.1. The zero-order valence-electron chi connectivity index (χ0n) is 17.0. The van der Waals surface area contributed by atoms with Crippen LogP contribution in [0.3, 0.4) is 0 Å². The summed E-state index contributed by atoms with van der Waals surface area (Å²) in [6.45, 7) is 5.09. The molecule has 160 valence electrons. The third-order valence-electron chi connectivity index (χ3n) is 6.01. The first-order valence-electron chi connectivity index (χ1n) is 10.0. The van der Waals surface area contributed by atoms with Crippen LogP contribution in [0, 0.1) is 37.3 Å². The van der Waals surface area contributed by atoms with Gasteiger partial charge in [0.1, 0.15) is 5.82 Å². The highest BCUT2D eigenvalue weighted by Gasteiger charge is 2.48. The van der Waals surface area contributed by atoms with Crippen LogP contribution in [0.2, 0.25) is 0 Å². The molecule has 1 aromatic carbocycles. The number of likely N-dealkylation sites (tertiary alicyclic amines) is 1. The molecule has 1 N–H and O–H groups in total. The van der Waals surface area contributed by atoms with E-state index >= 15 is 0 Å². The van der Waals surface area contributed by atoms with Gasteiger partial charge < -0.3 is 14.7 Å². The molecule has 2 aromatic heterocycles. The molecular weight excluding hydrogens is 406 g/mol. The lowest BCUT2D eigenvalue weighted by Gasteiger charge is -2.27. The Labute approximate surface area is 176 Å². The minimum atomic E-state index is -0.624. The Morgan fingerprint density at radius 2 is 2.03 bits per heavy atom. The van der Waals surface area contributed by atoms with Crippen molar-refractivity contribution in [3.05, 3.63) is 58.9 Å². The van der Waals surface area contributed by atoms with E-state index in [9.17, 15) is 13.6 Å². The summed E-state index contributed by atoms with van der Waals surface area (Å²) in [5.74, 6) is -0.551. The second kappa shape index (κ2) is 7.45. The molecule has 0 radical (unpaired) electrons. The number of nitrogens with one attached hydrogen (secondary N) is 1. The van der Waals surface area contributed by atoms with Crippen molar-refractivity contribution in [2.24, 2.45) is 11.8 Å². The minimum Gasteiger partial charge on any atom is -0.334 e. The van der Waals surface area contributed by atoms with Crippen LogP contribution in [0.15, 0.2) is 28.9 Å². The number of fused-ring (bicyclic) bond motifs is 1. The topological polar surface area (TPSA) is 97.0 Å². The van der Waals surface area contributed by atoms with Gasteiger partial charge in [-0.2, -0.15) is 4.98 Å². The first kappa shape index (κ1) is 19.7. The van der Waals surface area contributed by atoms with Crippen molar-refractivity contribution < 1.29 is 18.1 Å². The zero-order valence-corrected chi connectivity index (χ0v) is 17.0. The first-order valence-corrected chi connectivity index (χ1v) is 10.0. The largest absolute Gasteiger partial charge is 0.334 e. The Morgan fingerprint density at radius 3 is 2.77 bits per heavy atom. The predicted octanol–water partition coefficient (Wildman–Crippen LogP) is 2.45. The van der Waals surface area contributed by atoms with Crippen LogP contribution < -0.4 is 5.32 Å². The summed E-state index contributed by atoms with van der Waals surface area (Å²) in [7, 11) is 0. The summed E-state index contributed by atoms with van der Waals surface area (Å²) in [5.41, 5.74) is 0.318. The number of carbonyl (C=O) groups is 1. The van der Waals surface area contributed by atoms with Gasteiger partial charge in [0.25, 0.3) is 11.8 Å². The molecule has 0 spiro atoms. The van der Waals surface area contributed by atoms with Crippen molar-refractivity contribution in [2.45, 2.75) is 19.9 Å². The van der Waals surface area contributed by atoms with Crippen LogP contribution in [0.1, 0.15) is 33.7 Å². The van der Waals surface area contributed by atoms with Crippen molar-refractivity contribution in [1.29, 1.82) is 0 Å². The lowest BCUT2D eigenvalue weighted by atomic mass is 9.93. The van der Waals surface area contributed by atoms with Gasteiger partial charge in [0.05, 0.1) is 29.1 Å². The quantitative estimate of drug-likeness (QED) is 0.687. The number of aryl methyl sites for hydroxylation is 2. The molecular formula is C21H20F2N6O2. The van der Waals surface area contributed by atoms with Gasteiger partial charge in [-0.05, 0) is 31.9 Å².